The second-order valence-electron chi connectivity index (χ2n) is 4.99. The molecule has 1 rings (SSSR count). The molecule has 0 spiro atoms. The van der Waals surface area contributed by atoms with Gasteiger partial charge in [-0.2, -0.15) is 0 Å². The molecule has 0 fully saturated rings. The van der Waals surface area contributed by atoms with E-state index in [0.29, 0.717) is 19.5 Å². The number of nitrogens with zero attached hydrogens (tertiary/aromatic N) is 1. The summed E-state index contributed by atoms with van der Waals surface area (Å²) < 4.78 is 0. The zero-order valence-electron chi connectivity index (χ0n) is 12.8. The molecule has 4 heteroatoms. The Morgan fingerprint density at radius 2 is 1.95 bits per heavy atom. The number of anilines is 1. The SMILES string of the molecule is CCCC(=O)NCCN(C(C)=O)c1cccc(C)c1C. The maximum absolute atomic E-state index is 11.8. The Hall–Kier alpha value is -1.84. The van der Waals surface area contributed by atoms with Crippen LogP contribution in [0.2, 0.25) is 0 Å². The first kappa shape index (κ1) is 16.2. The minimum Gasteiger partial charge on any atom is -0.354 e. The fourth-order valence-electron chi connectivity index (χ4n) is 2.10. The van der Waals surface area contributed by atoms with Crippen molar-refractivity contribution in [2.45, 2.75) is 40.5 Å². The molecule has 0 heterocycles. The third kappa shape index (κ3) is 4.37. The summed E-state index contributed by atoms with van der Waals surface area (Å²) in [5.41, 5.74) is 3.17. The molecule has 20 heavy (non-hydrogen) atoms. The number of amides is 2. The van der Waals surface area contributed by atoms with E-state index in [-0.39, 0.29) is 11.8 Å². The Kier molecular flexibility index (Phi) is 6.22. The standard InChI is InChI=1S/C16H24N2O2/c1-5-7-16(20)17-10-11-18(14(4)19)15-9-6-8-12(2)13(15)3/h6,8-9H,5,7,10-11H2,1-4H3,(H,17,20). The molecule has 0 atom stereocenters. The summed E-state index contributed by atoms with van der Waals surface area (Å²) in [6.07, 6.45) is 1.36. The van der Waals surface area contributed by atoms with Crippen molar-refractivity contribution in [1.29, 1.82) is 0 Å². The molecule has 1 N–H and O–H groups in total. The van der Waals surface area contributed by atoms with Gasteiger partial charge in [0.05, 0.1) is 0 Å². The smallest absolute Gasteiger partial charge is 0.223 e. The van der Waals surface area contributed by atoms with Crippen LogP contribution in [0.3, 0.4) is 0 Å². The summed E-state index contributed by atoms with van der Waals surface area (Å²) in [7, 11) is 0. The molecule has 0 aliphatic rings. The van der Waals surface area contributed by atoms with Gasteiger partial charge in [-0.3, -0.25) is 9.59 Å². The number of carbonyl (C=O) groups excluding carboxylic acids is 2. The van der Waals surface area contributed by atoms with Gasteiger partial charge in [-0.1, -0.05) is 19.1 Å². The van der Waals surface area contributed by atoms with Crippen LogP contribution in [-0.4, -0.2) is 24.9 Å². The van der Waals surface area contributed by atoms with Crippen molar-refractivity contribution in [3.8, 4) is 0 Å². The van der Waals surface area contributed by atoms with E-state index in [1.165, 1.54) is 0 Å². The lowest BCUT2D eigenvalue weighted by molar-refractivity contribution is -0.121. The van der Waals surface area contributed by atoms with Crippen LogP contribution >= 0.6 is 0 Å². The third-order valence-electron chi connectivity index (χ3n) is 3.38. The molecule has 0 unspecified atom stereocenters. The number of hydrogen-bond acceptors (Lipinski definition) is 2. The predicted molar refractivity (Wildman–Crippen MR) is 81.9 cm³/mol. The second-order valence-corrected chi connectivity index (χ2v) is 4.99. The molecule has 0 saturated carbocycles. The first-order chi connectivity index (χ1) is 9.47. The van der Waals surface area contributed by atoms with Crippen LogP contribution in [0.5, 0.6) is 0 Å². The van der Waals surface area contributed by atoms with E-state index in [4.69, 9.17) is 0 Å². The van der Waals surface area contributed by atoms with E-state index in [9.17, 15) is 9.59 Å². The summed E-state index contributed by atoms with van der Waals surface area (Å²) >= 11 is 0. The van der Waals surface area contributed by atoms with Gasteiger partial charge in [0, 0.05) is 32.1 Å². The molecule has 0 bridgehead atoms. The number of carbonyl (C=O) groups is 2. The molecule has 0 radical (unpaired) electrons. The van der Waals surface area contributed by atoms with Gasteiger partial charge >= 0.3 is 0 Å². The topological polar surface area (TPSA) is 49.4 Å². The molecule has 110 valence electrons. The maximum atomic E-state index is 11.8. The number of hydrogen-bond donors (Lipinski definition) is 1. The van der Waals surface area contributed by atoms with Crippen LogP contribution in [0.4, 0.5) is 5.69 Å². The highest BCUT2D eigenvalue weighted by atomic mass is 16.2. The van der Waals surface area contributed by atoms with Crippen molar-refractivity contribution in [3.63, 3.8) is 0 Å². The van der Waals surface area contributed by atoms with Gasteiger partial charge in [0.15, 0.2) is 0 Å². The van der Waals surface area contributed by atoms with Gasteiger partial charge in [-0.15, -0.1) is 0 Å². The molecular weight excluding hydrogens is 252 g/mol. The monoisotopic (exact) mass is 276 g/mol. The lowest BCUT2D eigenvalue weighted by Gasteiger charge is -2.24. The Morgan fingerprint density at radius 3 is 2.55 bits per heavy atom. The first-order valence-corrected chi connectivity index (χ1v) is 7.08. The van der Waals surface area contributed by atoms with E-state index in [0.717, 1.165) is 23.2 Å². The van der Waals surface area contributed by atoms with Crippen molar-refractivity contribution < 1.29 is 9.59 Å². The van der Waals surface area contributed by atoms with Crippen molar-refractivity contribution in [3.05, 3.63) is 29.3 Å². The van der Waals surface area contributed by atoms with Crippen LogP contribution in [-0.2, 0) is 9.59 Å². The van der Waals surface area contributed by atoms with Crippen LogP contribution in [0.1, 0.15) is 37.8 Å². The van der Waals surface area contributed by atoms with Crippen molar-refractivity contribution in [2.24, 2.45) is 0 Å². The predicted octanol–water partition coefficient (Wildman–Crippen LogP) is 2.57. The zero-order valence-corrected chi connectivity index (χ0v) is 12.8. The largest absolute Gasteiger partial charge is 0.354 e. The fourth-order valence-corrected chi connectivity index (χ4v) is 2.10. The summed E-state index contributed by atoms with van der Waals surface area (Å²) in [5, 5.41) is 2.84. The van der Waals surface area contributed by atoms with Crippen LogP contribution in [0.25, 0.3) is 0 Å². The van der Waals surface area contributed by atoms with Gasteiger partial charge in [-0.05, 0) is 37.5 Å². The normalized spacial score (nSPS) is 10.2. The number of nitrogens with one attached hydrogen (secondary N) is 1. The Morgan fingerprint density at radius 1 is 1.25 bits per heavy atom. The molecule has 2 amide bonds. The minimum atomic E-state index is -0.0107. The number of benzene rings is 1. The Labute approximate surface area is 121 Å². The van der Waals surface area contributed by atoms with Crippen LogP contribution in [0, 0.1) is 13.8 Å². The van der Waals surface area contributed by atoms with Gasteiger partial charge in [0.25, 0.3) is 0 Å². The van der Waals surface area contributed by atoms with Gasteiger partial charge in [-0.25, -0.2) is 0 Å². The molecule has 0 saturated heterocycles. The van der Waals surface area contributed by atoms with Crippen molar-refractivity contribution >= 4 is 17.5 Å². The lowest BCUT2D eigenvalue weighted by atomic mass is 10.1. The van der Waals surface area contributed by atoms with E-state index in [1.807, 2.05) is 39.0 Å². The number of aryl methyl sites for hydroxylation is 1. The summed E-state index contributed by atoms with van der Waals surface area (Å²) in [5.74, 6) is 0.0282. The van der Waals surface area contributed by atoms with Gasteiger partial charge in [0.2, 0.25) is 11.8 Å². The van der Waals surface area contributed by atoms with Gasteiger partial charge in [0.1, 0.15) is 0 Å². The average Bonchev–Trinajstić information content (AvgIpc) is 2.38. The van der Waals surface area contributed by atoms with Crippen molar-refractivity contribution in [2.75, 3.05) is 18.0 Å². The average molecular weight is 276 g/mol. The van der Waals surface area contributed by atoms with E-state index >= 15 is 0 Å². The minimum absolute atomic E-state index is 0.0107. The van der Waals surface area contributed by atoms with Crippen molar-refractivity contribution in [1.82, 2.24) is 5.32 Å². The molecule has 0 aliphatic carbocycles. The summed E-state index contributed by atoms with van der Waals surface area (Å²) in [6.45, 7) is 8.53. The molecule has 0 aliphatic heterocycles. The highest BCUT2D eigenvalue weighted by Gasteiger charge is 2.14. The maximum Gasteiger partial charge on any atom is 0.223 e. The van der Waals surface area contributed by atoms with E-state index < -0.39 is 0 Å². The molecular formula is C16H24N2O2. The molecule has 1 aromatic rings. The highest BCUT2D eigenvalue weighted by Crippen LogP contribution is 2.22. The first-order valence-electron chi connectivity index (χ1n) is 7.08. The van der Waals surface area contributed by atoms with Gasteiger partial charge < -0.3 is 10.2 Å². The molecule has 4 nitrogen and oxygen atoms in total. The fraction of sp³-hybridized carbons (Fsp3) is 0.500. The van der Waals surface area contributed by atoms with E-state index in [2.05, 4.69) is 5.32 Å². The second kappa shape index (κ2) is 7.68. The Balaban J connectivity index is 2.73. The van der Waals surface area contributed by atoms with Crippen LogP contribution < -0.4 is 10.2 Å². The number of rotatable bonds is 6. The zero-order chi connectivity index (χ0) is 15.1. The molecule has 0 aromatic heterocycles. The summed E-state index contributed by atoms with van der Waals surface area (Å²) in [6, 6.07) is 5.92. The lowest BCUT2D eigenvalue weighted by Crippen LogP contribution is -2.37. The van der Waals surface area contributed by atoms with Crippen LogP contribution in [0.15, 0.2) is 18.2 Å². The third-order valence-corrected chi connectivity index (χ3v) is 3.38. The van der Waals surface area contributed by atoms with E-state index in [1.54, 1.807) is 11.8 Å². The molecule has 1 aromatic carbocycles. The Bertz CT molecular complexity index is 483. The quantitative estimate of drug-likeness (QED) is 0.868. The summed E-state index contributed by atoms with van der Waals surface area (Å²) in [4.78, 5) is 25.0. The highest BCUT2D eigenvalue weighted by molar-refractivity contribution is 5.92.